The molecule has 0 aromatic rings. The van der Waals surface area contributed by atoms with E-state index in [0.29, 0.717) is 11.8 Å². The van der Waals surface area contributed by atoms with E-state index < -0.39 is 0 Å². The lowest BCUT2D eigenvalue weighted by molar-refractivity contribution is -0.127. The number of amides is 1. The van der Waals surface area contributed by atoms with Crippen molar-refractivity contribution in [3.8, 4) is 0 Å². The number of rotatable bonds is 6. The van der Waals surface area contributed by atoms with Gasteiger partial charge in [-0.25, -0.2) is 0 Å². The molecule has 76 valence electrons. The van der Waals surface area contributed by atoms with Crippen molar-refractivity contribution in [3.05, 3.63) is 0 Å². The maximum absolute atomic E-state index is 11.3. The summed E-state index contributed by atoms with van der Waals surface area (Å²) in [5.41, 5.74) is 0. The molecule has 0 heterocycles. The van der Waals surface area contributed by atoms with Crippen LogP contribution in [0.15, 0.2) is 0 Å². The van der Waals surface area contributed by atoms with Gasteiger partial charge in [0.1, 0.15) is 0 Å². The third kappa shape index (κ3) is 3.79. The Morgan fingerprint density at radius 3 is 2.62 bits per heavy atom. The fourth-order valence-electron chi connectivity index (χ4n) is 1.58. The Hall–Kier alpha value is -0.530. The highest BCUT2D eigenvalue weighted by Crippen LogP contribution is 2.26. The van der Waals surface area contributed by atoms with Crippen molar-refractivity contribution < 1.29 is 4.79 Å². The van der Waals surface area contributed by atoms with E-state index in [1.54, 1.807) is 0 Å². The van der Waals surface area contributed by atoms with E-state index >= 15 is 0 Å². The van der Waals surface area contributed by atoms with Crippen LogP contribution in [0.2, 0.25) is 0 Å². The minimum absolute atomic E-state index is 0.294. The summed E-state index contributed by atoms with van der Waals surface area (Å²) < 4.78 is 0. The molecule has 0 aromatic heterocycles. The van der Waals surface area contributed by atoms with Gasteiger partial charge in [-0.05, 0) is 19.3 Å². The average molecular weight is 183 g/mol. The Kier molecular flexibility index (Phi) is 4.87. The number of hydrogen-bond acceptors (Lipinski definition) is 1. The first-order valence-corrected chi connectivity index (χ1v) is 5.62. The zero-order valence-electron chi connectivity index (χ0n) is 8.64. The van der Waals surface area contributed by atoms with E-state index in [0.717, 1.165) is 25.8 Å². The fourth-order valence-corrected chi connectivity index (χ4v) is 1.58. The second kappa shape index (κ2) is 6.01. The number of carbonyl (C=O) groups is 1. The second-order valence-electron chi connectivity index (χ2n) is 3.98. The molecule has 0 atom stereocenters. The Morgan fingerprint density at radius 1 is 1.31 bits per heavy atom. The van der Waals surface area contributed by atoms with Crippen molar-refractivity contribution in [2.75, 3.05) is 6.54 Å². The minimum atomic E-state index is 0.294. The molecule has 0 aromatic carbocycles. The zero-order valence-corrected chi connectivity index (χ0v) is 8.64. The topological polar surface area (TPSA) is 29.1 Å². The summed E-state index contributed by atoms with van der Waals surface area (Å²) >= 11 is 0. The molecule has 0 spiro atoms. The smallest absolute Gasteiger partial charge is 0.223 e. The van der Waals surface area contributed by atoms with Crippen molar-refractivity contribution in [1.82, 2.24) is 5.32 Å². The van der Waals surface area contributed by atoms with E-state index in [-0.39, 0.29) is 0 Å². The first kappa shape index (κ1) is 10.6. The van der Waals surface area contributed by atoms with Crippen molar-refractivity contribution in [2.24, 2.45) is 5.92 Å². The van der Waals surface area contributed by atoms with Crippen LogP contribution in [0.5, 0.6) is 0 Å². The lowest BCUT2D eigenvalue weighted by Gasteiger charge is -2.23. The Balaban J connectivity index is 1.89. The first-order chi connectivity index (χ1) is 6.34. The van der Waals surface area contributed by atoms with Gasteiger partial charge in [0.05, 0.1) is 0 Å². The van der Waals surface area contributed by atoms with Crippen LogP contribution in [-0.2, 0) is 4.79 Å². The second-order valence-corrected chi connectivity index (χ2v) is 3.98. The van der Waals surface area contributed by atoms with Crippen LogP contribution in [0.1, 0.15) is 51.9 Å². The van der Waals surface area contributed by atoms with Gasteiger partial charge in [0.2, 0.25) is 5.91 Å². The molecule has 0 aliphatic heterocycles. The number of nitrogens with one attached hydrogen (secondary N) is 1. The highest BCUT2D eigenvalue weighted by molar-refractivity contribution is 5.79. The molecule has 0 unspecified atom stereocenters. The van der Waals surface area contributed by atoms with Crippen molar-refractivity contribution >= 4 is 5.91 Å². The van der Waals surface area contributed by atoms with E-state index in [4.69, 9.17) is 0 Å². The molecule has 1 rings (SSSR count). The molecule has 1 fully saturated rings. The summed E-state index contributed by atoms with van der Waals surface area (Å²) in [6, 6.07) is 0. The summed E-state index contributed by atoms with van der Waals surface area (Å²) in [7, 11) is 0. The van der Waals surface area contributed by atoms with Gasteiger partial charge in [0.15, 0.2) is 0 Å². The lowest BCUT2D eigenvalue weighted by Crippen LogP contribution is -2.34. The molecule has 2 heteroatoms. The van der Waals surface area contributed by atoms with Crippen LogP contribution in [0.3, 0.4) is 0 Å². The predicted octanol–water partition coefficient (Wildman–Crippen LogP) is 2.48. The molecule has 0 saturated heterocycles. The highest BCUT2D eigenvalue weighted by atomic mass is 16.1. The minimum Gasteiger partial charge on any atom is -0.356 e. The lowest BCUT2D eigenvalue weighted by atomic mass is 9.85. The number of unbranched alkanes of at least 4 members (excludes halogenated alkanes) is 3. The summed E-state index contributed by atoms with van der Waals surface area (Å²) in [4.78, 5) is 11.3. The molecular weight excluding hydrogens is 162 g/mol. The van der Waals surface area contributed by atoms with Crippen LogP contribution >= 0.6 is 0 Å². The molecule has 1 amide bonds. The van der Waals surface area contributed by atoms with Gasteiger partial charge in [-0.1, -0.05) is 32.6 Å². The molecule has 0 radical (unpaired) electrons. The molecule has 1 saturated carbocycles. The molecule has 0 bridgehead atoms. The van der Waals surface area contributed by atoms with Gasteiger partial charge in [-0.15, -0.1) is 0 Å². The van der Waals surface area contributed by atoms with Crippen LogP contribution in [0, 0.1) is 5.92 Å². The Labute approximate surface area is 81.1 Å². The molecule has 2 nitrogen and oxygen atoms in total. The Morgan fingerprint density at radius 2 is 2.08 bits per heavy atom. The summed E-state index contributed by atoms with van der Waals surface area (Å²) in [6.07, 6.45) is 8.42. The fraction of sp³-hybridized carbons (Fsp3) is 0.909. The van der Waals surface area contributed by atoms with E-state index in [9.17, 15) is 4.79 Å². The normalized spacial score (nSPS) is 16.7. The number of carbonyl (C=O) groups excluding carboxylic acids is 1. The van der Waals surface area contributed by atoms with Crippen molar-refractivity contribution in [1.29, 1.82) is 0 Å². The molecule has 1 N–H and O–H groups in total. The van der Waals surface area contributed by atoms with Gasteiger partial charge in [0.25, 0.3) is 0 Å². The predicted molar refractivity (Wildman–Crippen MR) is 54.5 cm³/mol. The van der Waals surface area contributed by atoms with Gasteiger partial charge >= 0.3 is 0 Å². The quantitative estimate of drug-likeness (QED) is 0.630. The highest BCUT2D eigenvalue weighted by Gasteiger charge is 2.24. The summed E-state index contributed by atoms with van der Waals surface area (Å²) in [6.45, 7) is 3.09. The van der Waals surface area contributed by atoms with Gasteiger partial charge in [0, 0.05) is 12.5 Å². The standard InChI is InChI=1S/C11H21NO/c1-2-3-4-5-9-12-11(13)10-7-6-8-10/h10H,2-9H2,1H3,(H,12,13). The molecule has 1 aliphatic rings. The van der Waals surface area contributed by atoms with Crippen LogP contribution < -0.4 is 5.32 Å². The molecule has 13 heavy (non-hydrogen) atoms. The van der Waals surface area contributed by atoms with Crippen LogP contribution in [0.4, 0.5) is 0 Å². The van der Waals surface area contributed by atoms with E-state index in [1.165, 1.54) is 25.7 Å². The van der Waals surface area contributed by atoms with Gasteiger partial charge in [-0.3, -0.25) is 4.79 Å². The summed E-state index contributed by atoms with van der Waals surface area (Å²) in [5.74, 6) is 0.647. The summed E-state index contributed by atoms with van der Waals surface area (Å²) in [5, 5.41) is 3.00. The maximum atomic E-state index is 11.3. The van der Waals surface area contributed by atoms with Crippen molar-refractivity contribution in [3.63, 3.8) is 0 Å². The molecule has 1 aliphatic carbocycles. The monoisotopic (exact) mass is 183 g/mol. The largest absolute Gasteiger partial charge is 0.356 e. The first-order valence-electron chi connectivity index (χ1n) is 5.62. The number of hydrogen-bond donors (Lipinski definition) is 1. The van der Waals surface area contributed by atoms with Gasteiger partial charge in [-0.2, -0.15) is 0 Å². The third-order valence-corrected chi connectivity index (χ3v) is 2.81. The average Bonchev–Trinajstić information content (AvgIpc) is 2.01. The van der Waals surface area contributed by atoms with Crippen LogP contribution in [-0.4, -0.2) is 12.5 Å². The van der Waals surface area contributed by atoms with E-state index in [1.807, 2.05) is 0 Å². The zero-order chi connectivity index (χ0) is 9.52. The van der Waals surface area contributed by atoms with Gasteiger partial charge < -0.3 is 5.32 Å². The van der Waals surface area contributed by atoms with E-state index in [2.05, 4.69) is 12.2 Å². The third-order valence-electron chi connectivity index (χ3n) is 2.81. The van der Waals surface area contributed by atoms with Crippen LogP contribution in [0.25, 0.3) is 0 Å². The SMILES string of the molecule is CCCCCCNC(=O)C1CCC1. The maximum Gasteiger partial charge on any atom is 0.223 e. The molecular formula is C11H21NO. The van der Waals surface area contributed by atoms with Crippen molar-refractivity contribution in [2.45, 2.75) is 51.9 Å². The Bertz CT molecular complexity index is 152.